The standard InChI is InChI=1S/C8H15NO/c9-6-7-10-8-4-2-1-3-5-8/h2,4,8H,1,3,5-7,9H2. The summed E-state index contributed by atoms with van der Waals surface area (Å²) in [6.07, 6.45) is 8.30. The highest BCUT2D eigenvalue weighted by atomic mass is 16.5. The molecule has 0 saturated carbocycles. The summed E-state index contributed by atoms with van der Waals surface area (Å²) in [5.41, 5.74) is 5.30. The van der Waals surface area contributed by atoms with Gasteiger partial charge >= 0.3 is 0 Å². The Morgan fingerprint density at radius 1 is 1.60 bits per heavy atom. The van der Waals surface area contributed by atoms with Crippen LogP contribution in [0.4, 0.5) is 0 Å². The number of allylic oxidation sites excluding steroid dienone is 1. The van der Waals surface area contributed by atoms with Gasteiger partial charge in [0.25, 0.3) is 0 Å². The van der Waals surface area contributed by atoms with Crippen LogP contribution in [0.25, 0.3) is 0 Å². The van der Waals surface area contributed by atoms with Gasteiger partial charge in [-0.15, -0.1) is 0 Å². The van der Waals surface area contributed by atoms with Crippen LogP contribution in [0, 0.1) is 0 Å². The molecule has 1 unspecified atom stereocenters. The molecule has 10 heavy (non-hydrogen) atoms. The van der Waals surface area contributed by atoms with Crippen LogP contribution in [-0.4, -0.2) is 19.3 Å². The summed E-state index contributed by atoms with van der Waals surface area (Å²) < 4.78 is 5.42. The van der Waals surface area contributed by atoms with Gasteiger partial charge in [0.2, 0.25) is 0 Å². The first-order valence-electron chi connectivity index (χ1n) is 3.92. The maximum Gasteiger partial charge on any atom is 0.0756 e. The van der Waals surface area contributed by atoms with E-state index in [0.29, 0.717) is 19.3 Å². The SMILES string of the molecule is NCCOC1C=CCCC1. The van der Waals surface area contributed by atoms with Crippen LogP contribution in [0.15, 0.2) is 12.2 Å². The summed E-state index contributed by atoms with van der Waals surface area (Å²) in [6, 6.07) is 0. The molecular formula is C8H15NO. The molecule has 0 aromatic heterocycles. The fourth-order valence-electron chi connectivity index (χ4n) is 1.14. The van der Waals surface area contributed by atoms with Crippen molar-refractivity contribution in [3.63, 3.8) is 0 Å². The van der Waals surface area contributed by atoms with Gasteiger partial charge in [-0.3, -0.25) is 0 Å². The Balaban J connectivity index is 2.13. The Morgan fingerprint density at radius 3 is 3.10 bits per heavy atom. The minimum Gasteiger partial charge on any atom is -0.373 e. The molecule has 0 aromatic carbocycles. The Kier molecular flexibility index (Phi) is 3.47. The number of rotatable bonds is 3. The van der Waals surface area contributed by atoms with E-state index >= 15 is 0 Å². The van der Waals surface area contributed by atoms with Gasteiger partial charge in [0, 0.05) is 6.54 Å². The van der Waals surface area contributed by atoms with Gasteiger partial charge in [0.15, 0.2) is 0 Å². The lowest BCUT2D eigenvalue weighted by atomic mass is 10.1. The van der Waals surface area contributed by atoms with Gasteiger partial charge in [-0.2, -0.15) is 0 Å². The topological polar surface area (TPSA) is 35.2 Å². The maximum atomic E-state index is 5.42. The normalized spacial score (nSPS) is 25.1. The van der Waals surface area contributed by atoms with E-state index < -0.39 is 0 Å². The predicted octanol–water partition coefficient (Wildman–Crippen LogP) is 1.07. The molecule has 1 aliphatic rings. The van der Waals surface area contributed by atoms with Crippen molar-refractivity contribution in [2.24, 2.45) is 5.73 Å². The van der Waals surface area contributed by atoms with Crippen LogP contribution in [0.3, 0.4) is 0 Å². The van der Waals surface area contributed by atoms with E-state index in [0.717, 1.165) is 6.42 Å². The second kappa shape index (κ2) is 4.47. The summed E-state index contributed by atoms with van der Waals surface area (Å²) in [6.45, 7) is 1.32. The average Bonchev–Trinajstić information content (AvgIpc) is 2.03. The van der Waals surface area contributed by atoms with E-state index in [1.165, 1.54) is 12.8 Å². The van der Waals surface area contributed by atoms with Gasteiger partial charge in [-0.1, -0.05) is 12.2 Å². The Hall–Kier alpha value is -0.340. The van der Waals surface area contributed by atoms with Crippen molar-refractivity contribution in [3.05, 3.63) is 12.2 Å². The molecule has 2 nitrogen and oxygen atoms in total. The molecule has 0 aromatic rings. The number of hydrogen-bond acceptors (Lipinski definition) is 2. The molecule has 58 valence electrons. The zero-order valence-corrected chi connectivity index (χ0v) is 6.25. The third kappa shape index (κ3) is 2.50. The fourth-order valence-corrected chi connectivity index (χ4v) is 1.14. The van der Waals surface area contributed by atoms with E-state index in [9.17, 15) is 0 Å². The number of hydrogen-bond donors (Lipinski definition) is 1. The van der Waals surface area contributed by atoms with Crippen LogP contribution in [0.2, 0.25) is 0 Å². The van der Waals surface area contributed by atoms with Crippen LogP contribution in [-0.2, 0) is 4.74 Å². The van der Waals surface area contributed by atoms with Crippen LogP contribution < -0.4 is 5.73 Å². The first kappa shape index (κ1) is 7.76. The van der Waals surface area contributed by atoms with Gasteiger partial charge < -0.3 is 10.5 Å². The van der Waals surface area contributed by atoms with E-state index in [-0.39, 0.29) is 0 Å². The molecule has 2 heteroatoms. The van der Waals surface area contributed by atoms with Crippen molar-refractivity contribution in [1.29, 1.82) is 0 Å². The van der Waals surface area contributed by atoms with Gasteiger partial charge in [-0.05, 0) is 19.3 Å². The second-order valence-electron chi connectivity index (χ2n) is 2.56. The van der Waals surface area contributed by atoms with Crippen molar-refractivity contribution < 1.29 is 4.74 Å². The molecule has 0 bridgehead atoms. The number of nitrogens with two attached hydrogens (primary N) is 1. The van der Waals surface area contributed by atoms with Crippen molar-refractivity contribution in [2.75, 3.05) is 13.2 Å². The molecule has 1 aliphatic carbocycles. The van der Waals surface area contributed by atoms with E-state index in [4.69, 9.17) is 10.5 Å². The third-order valence-electron chi connectivity index (χ3n) is 1.66. The molecule has 0 spiro atoms. The van der Waals surface area contributed by atoms with Crippen molar-refractivity contribution in [2.45, 2.75) is 25.4 Å². The lowest BCUT2D eigenvalue weighted by molar-refractivity contribution is 0.0813. The molecule has 0 radical (unpaired) electrons. The minimum absolute atomic E-state index is 0.345. The molecular weight excluding hydrogens is 126 g/mol. The Labute approximate surface area is 62.1 Å². The first-order valence-corrected chi connectivity index (χ1v) is 3.92. The number of ether oxygens (including phenoxy) is 1. The molecule has 0 saturated heterocycles. The third-order valence-corrected chi connectivity index (χ3v) is 1.66. The van der Waals surface area contributed by atoms with Crippen LogP contribution in [0.5, 0.6) is 0 Å². The maximum absolute atomic E-state index is 5.42. The van der Waals surface area contributed by atoms with E-state index in [1.54, 1.807) is 0 Å². The monoisotopic (exact) mass is 141 g/mol. The zero-order valence-electron chi connectivity index (χ0n) is 6.25. The van der Waals surface area contributed by atoms with Gasteiger partial charge in [0.05, 0.1) is 12.7 Å². The zero-order chi connectivity index (χ0) is 7.23. The molecule has 0 amide bonds. The molecule has 0 heterocycles. The quantitative estimate of drug-likeness (QED) is 0.597. The lowest BCUT2D eigenvalue weighted by Gasteiger charge is -2.16. The van der Waals surface area contributed by atoms with Crippen molar-refractivity contribution >= 4 is 0 Å². The van der Waals surface area contributed by atoms with Crippen molar-refractivity contribution in [1.82, 2.24) is 0 Å². The van der Waals surface area contributed by atoms with Crippen molar-refractivity contribution in [3.8, 4) is 0 Å². The molecule has 0 fully saturated rings. The van der Waals surface area contributed by atoms with Gasteiger partial charge in [0.1, 0.15) is 0 Å². The van der Waals surface area contributed by atoms with E-state index in [1.807, 2.05) is 0 Å². The summed E-state index contributed by atoms with van der Waals surface area (Å²) in [5.74, 6) is 0. The average molecular weight is 141 g/mol. The van der Waals surface area contributed by atoms with E-state index in [2.05, 4.69) is 12.2 Å². The molecule has 1 atom stereocenters. The highest BCUT2D eigenvalue weighted by molar-refractivity contribution is 4.93. The predicted molar refractivity (Wildman–Crippen MR) is 41.8 cm³/mol. The highest BCUT2D eigenvalue weighted by Gasteiger charge is 2.06. The lowest BCUT2D eigenvalue weighted by Crippen LogP contribution is -2.17. The summed E-state index contributed by atoms with van der Waals surface area (Å²) in [4.78, 5) is 0. The summed E-state index contributed by atoms with van der Waals surface area (Å²) in [7, 11) is 0. The Morgan fingerprint density at radius 2 is 2.50 bits per heavy atom. The minimum atomic E-state index is 0.345. The molecule has 1 rings (SSSR count). The van der Waals surface area contributed by atoms with Crippen LogP contribution in [0.1, 0.15) is 19.3 Å². The summed E-state index contributed by atoms with van der Waals surface area (Å²) >= 11 is 0. The molecule has 2 N–H and O–H groups in total. The highest BCUT2D eigenvalue weighted by Crippen LogP contribution is 2.12. The fraction of sp³-hybridized carbons (Fsp3) is 0.750. The van der Waals surface area contributed by atoms with Gasteiger partial charge in [-0.25, -0.2) is 0 Å². The second-order valence-corrected chi connectivity index (χ2v) is 2.56. The smallest absolute Gasteiger partial charge is 0.0756 e. The largest absolute Gasteiger partial charge is 0.373 e. The molecule has 0 aliphatic heterocycles. The Bertz CT molecular complexity index is 112. The summed E-state index contributed by atoms with van der Waals surface area (Å²) in [5, 5.41) is 0. The first-order chi connectivity index (χ1) is 4.93. The van der Waals surface area contributed by atoms with Crippen LogP contribution >= 0.6 is 0 Å².